The Morgan fingerprint density at radius 3 is 3.09 bits per heavy atom. The van der Waals surface area contributed by atoms with Gasteiger partial charge in [-0.05, 0) is 17.2 Å². The van der Waals surface area contributed by atoms with Crippen molar-refractivity contribution in [2.45, 2.75) is 13.1 Å². The van der Waals surface area contributed by atoms with Crippen LogP contribution in [0.4, 0.5) is 5.82 Å². The molecule has 11 heavy (non-hydrogen) atoms. The fraction of sp³-hybridized carbons (Fsp3) is 0.375. The fourth-order valence-electron chi connectivity index (χ4n) is 1.32. The monoisotopic (exact) mass is 149 g/mol. The van der Waals surface area contributed by atoms with E-state index in [1.165, 1.54) is 11.1 Å². The molecule has 3 heteroatoms. The van der Waals surface area contributed by atoms with Crippen LogP contribution in [0.1, 0.15) is 11.1 Å². The molecule has 0 radical (unpaired) electrons. The number of anilines is 1. The largest absolute Gasteiger partial charge is 0.373 e. The first-order valence-electron chi connectivity index (χ1n) is 3.76. The quantitative estimate of drug-likeness (QED) is 0.618. The zero-order valence-corrected chi connectivity index (χ0v) is 6.52. The summed E-state index contributed by atoms with van der Waals surface area (Å²) in [5.41, 5.74) is 2.69. The average Bonchev–Trinajstić information content (AvgIpc) is 2.50. The Morgan fingerprint density at radius 2 is 2.27 bits per heavy atom. The molecule has 0 aromatic carbocycles. The highest BCUT2D eigenvalue weighted by Crippen LogP contribution is 2.16. The van der Waals surface area contributed by atoms with Crippen LogP contribution in [0.25, 0.3) is 0 Å². The summed E-state index contributed by atoms with van der Waals surface area (Å²) in [5, 5.41) is 6.29. The Balaban J connectivity index is 2.41. The summed E-state index contributed by atoms with van der Waals surface area (Å²) < 4.78 is 0. The molecular formula is C8H11N3. The Kier molecular flexibility index (Phi) is 1.51. The van der Waals surface area contributed by atoms with Crippen molar-refractivity contribution in [3.05, 3.63) is 23.4 Å². The number of rotatable bonds is 1. The predicted molar refractivity (Wildman–Crippen MR) is 44.3 cm³/mol. The van der Waals surface area contributed by atoms with Crippen molar-refractivity contribution in [1.29, 1.82) is 0 Å². The lowest BCUT2D eigenvalue weighted by atomic mass is 10.2. The van der Waals surface area contributed by atoms with Gasteiger partial charge in [-0.3, -0.25) is 0 Å². The molecule has 2 rings (SSSR count). The van der Waals surface area contributed by atoms with Crippen molar-refractivity contribution in [3.63, 3.8) is 0 Å². The van der Waals surface area contributed by atoms with Gasteiger partial charge in [0.25, 0.3) is 0 Å². The highest BCUT2D eigenvalue weighted by Gasteiger charge is 2.09. The molecule has 2 N–H and O–H groups in total. The summed E-state index contributed by atoms with van der Waals surface area (Å²) in [6, 6.07) is 2.09. The van der Waals surface area contributed by atoms with Crippen molar-refractivity contribution < 1.29 is 0 Å². The number of pyridine rings is 1. The third-order valence-corrected chi connectivity index (χ3v) is 1.97. The smallest absolute Gasteiger partial charge is 0.125 e. The summed E-state index contributed by atoms with van der Waals surface area (Å²) in [6.07, 6.45) is 1.93. The summed E-state index contributed by atoms with van der Waals surface area (Å²) >= 11 is 0. The van der Waals surface area contributed by atoms with Crippen molar-refractivity contribution in [3.8, 4) is 0 Å². The van der Waals surface area contributed by atoms with Gasteiger partial charge in [0, 0.05) is 26.3 Å². The van der Waals surface area contributed by atoms with Crippen LogP contribution >= 0.6 is 0 Å². The second-order valence-electron chi connectivity index (χ2n) is 2.69. The maximum atomic E-state index is 4.22. The molecule has 1 aliphatic rings. The Bertz CT molecular complexity index is 270. The molecule has 1 aromatic heterocycles. The van der Waals surface area contributed by atoms with Crippen molar-refractivity contribution in [1.82, 2.24) is 10.3 Å². The number of aromatic nitrogens is 1. The Hall–Kier alpha value is -1.09. The summed E-state index contributed by atoms with van der Waals surface area (Å²) in [7, 11) is 1.89. The van der Waals surface area contributed by atoms with E-state index in [0.29, 0.717) is 0 Å². The molecule has 0 bridgehead atoms. The van der Waals surface area contributed by atoms with E-state index in [9.17, 15) is 0 Å². The lowest BCUT2D eigenvalue weighted by Gasteiger charge is -2.00. The topological polar surface area (TPSA) is 37.0 Å². The minimum Gasteiger partial charge on any atom is -0.373 e. The van der Waals surface area contributed by atoms with Crippen LogP contribution in [-0.2, 0) is 13.1 Å². The van der Waals surface area contributed by atoms with Gasteiger partial charge in [-0.15, -0.1) is 0 Å². The summed E-state index contributed by atoms with van der Waals surface area (Å²) in [6.45, 7) is 1.94. The van der Waals surface area contributed by atoms with Gasteiger partial charge in [0.2, 0.25) is 0 Å². The zero-order chi connectivity index (χ0) is 7.68. The van der Waals surface area contributed by atoms with Crippen molar-refractivity contribution in [2.24, 2.45) is 0 Å². The van der Waals surface area contributed by atoms with Crippen LogP contribution in [0.2, 0.25) is 0 Å². The van der Waals surface area contributed by atoms with Crippen molar-refractivity contribution >= 4 is 5.82 Å². The molecule has 0 atom stereocenters. The molecule has 0 saturated heterocycles. The molecule has 0 saturated carbocycles. The predicted octanol–water partition coefficient (Wildman–Crippen LogP) is 0.726. The molecule has 1 aliphatic heterocycles. The third-order valence-electron chi connectivity index (χ3n) is 1.97. The van der Waals surface area contributed by atoms with Crippen LogP contribution in [0.5, 0.6) is 0 Å². The number of hydrogen-bond acceptors (Lipinski definition) is 3. The summed E-state index contributed by atoms with van der Waals surface area (Å²) in [4.78, 5) is 4.22. The first-order valence-corrected chi connectivity index (χ1v) is 3.76. The maximum Gasteiger partial charge on any atom is 0.125 e. The Morgan fingerprint density at radius 1 is 1.45 bits per heavy atom. The second kappa shape index (κ2) is 2.51. The highest BCUT2D eigenvalue weighted by molar-refractivity contribution is 5.41. The minimum absolute atomic E-state index is 0.951. The first-order chi connectivity index (χ1) is 5.40. The normalized spacial score (nSPS) is 14.6. The van der Waals surface area contributed by atoms with E-state index in [0.717, 1.165) is 18.9 Å². The molecule has 0 aliphatic carbocycles. The van der Waals surface area contributed by atoms with Gasteiger partial charge in [0.1, 0.15) is 5.82 Å². The molecule has 0 unspecified atom stereocenters. The number of nitrogens with one attached hydrogen (secondary N) is 2. The van der Waals surface area contributed by atoms with Crippen LogP contribution in [-0.4, -0.2) is 12.0 Å². The minimum atomic E-state index is 0.951. The van der Waals surface area contributed by atoms with Gasteiger partial charge in [-0.25, -0.2) is 4.98 Å². The van der Waals surface area contributed by atoms with Crippen molar-refractivity contribution in [2.75, 3.05) is 12.4 Å². The van der Waals surface area contributed by atoms with E-state index >= 15 is 0 Å². The van der Waals surface area contributed by atoms with Crippen LogP contribution in [0.3, 0.4) is 0 Å². The van der Waals surface area contributed by atoms with Gasteiger partial charge in [0.15, 0.2) is 0 Å². The maximum absolute atomic E-state index is 4.22. The van der Waals surface area contributed by atoms with Gasteiger partial charge in [0.05, 0.1) is 0 Å². The lowest BCUT2D eigenvalue weighted by molar-refractivity contribution is 0.764. The highest BCUT2D eigenvalue weighted by atomic mass is 15.0. The molecule has 58 valence electrons. The molecule has 2 heterocycles. The molecule has 0 amide bonds. The summed E-state index contributed by atoms with van der Waals surface area (Å²) in [5.74, 6) is 0.951. The number of hydrogen-bond donors (Lipinski definition) is 2. The van der Waals surface area contributed by atoms with Crippen LogP contribution < -0.4 is 10.6 Å². The molecule has 3 nitrogen and oxygen atoms in total. The van der Waals surface area contributed by atoms with Crippen LogP contribution in [0.15, 0.2) is 12.3 Å². The number of fused-ring (bicyclic) bond motifs is 1. The van der Waals surface area contributed by atoms with E-state index < -0.39 is 0 Å². The van der Waals surface area contributed by atoms with Gasteiger partial charge in [-0.2, -0.15) is 0 Å². The van der Waals surface area contributed by atoms with Crippen LogP contribution in [0, 0.1) is 0 Å². The number of nitrogens with zero attached hydrogens (tertiary/aromatic N) is 1. The fourth-order valence-corrected chi connectivity index (χ4v) is 1.32. The van der Waals surface area contributed by atoms with E-state index in [4.69, 9.17) is 0 Å². The standard InChI is InChI=1S/C8H11N3/c1-9-8-2-6-3-10-4-7(6)5-11-8/h2,5,10H,3-4H2,1H3,(H,9,11). The van der Waals surface area contributed by atoms with E-state index in [1.54, 1.807) is 0 Å². The molecule has 0 fully saturated rings. The zero-order valence-electron chi connectivity index (χ0n) is 6.52. The van der Waals surface area contributed by atoms with Gasteiger partial charge < -0.3 is 10.6 Å². The SMILES string of the molecule is CNc1cc2c(cn1)CNC2. The first kappa shape index (κ1) is 6.61. The molecular weight excluding hydrogens is 138 g/mol. The van der Waals surface area contributed by atoms with E-state index in [2.05, 4.69) is 21.7 Å². The second-order valence-corrected chi connectivity index (χ2v) is 2.69. The lowest BCUT2D eigenvalue weighted by Crippen LogP contribution is -1.99. The molecule has 1 aromatic rings. The Labute approximate surface area is 65.8 Å². The van der Waals surface area contributed by atoms with Gasteiger partial charge >= 0.3 is 0 Å². The van der Waals surface area contributed by atoms with Gasteiger partial charge in [-0.1, -0.05) is 0 Å². The van der Waals surface area contributed by atoms with E-state index in [-0.39, 0.29) is 0 Å². The average molecular weight is 149 g/mol. The third kappa shape index (κ3) is 1.07. The van der Waals surface area contributed by atoms with E-state index in [1.807, 2.05) is 13.2 Å². The molecule has 0 spiro atoms.